The fourth-order valence-electron chi connectivity index (χ4n) is 2.98. The Balaban J connectivity index is 1.57. The lowest BCUT2D eigenvalue weighted by Gasteiger charge is -2.08. The van der Waals surface area contributed by atoms with E-state index in [4.69, 9.17) is 0 Å². The number of nitrogens with zero attached hydrogens (tertiary/aromatic N) is 4. The van der Waals surface area contributed by atoms with E-state index >= 15 is 0 Å². The SMILES string of the molecule is O=C(NN=C(c1ccccc1)c1ccccn1)NN=C(c1ccccc1)c1ccccn1. The number of aromatic nitrogens is 2. The van der Waals surface area contributed by atoms with Gasteiger partial charge in [0.05, 0.1) is 11.4 Å². The molecule has 0 aliphatic rings. The molecule has 2 N–H and O–H groups in total. The number of pyridine rings is 2. The lowest BCUT2D eigenvalue weighted by molar-refractivity contribution is 0.242. The van der Waals surface area contributed by atoms with Gasteiger partial charge in [-0.2, -0.15) is 10.2 Å². The van der Waals surface area contributed by atoms with Gasteiger partial charge in [0.2, 0.25) is 0 Å². The Morgan fingerprint density at radius 3 is 1.34 bits per heavy atom. The monoisotopic (exact) mass is 420 g/mol. The molecule has 4 rings (SSSR count). The van der Waals surface area contributed by atoms with E-state index < -0.39 is 6.03 Å². The zero-order valence-corrected chi connectivity index (χ0v) is 17.1. The molecule has 0 fully saturated rings. The zero-order chi connectivity index (χ0) is 22.0. The van der Waals surface area contributed by atoms with Crippen LogP contribution < -0.4 is 10.9 Å². The third-order valence-corrected chi connectivity index (χ3v) is 4.45. The number of hydrazone groups is 2. The number of hydrogen-bond donors (Lipinski definition) is 2. The third kappa shape index (κ3) is 5.28. The summed E-state index contributed by atoms with van der Waals surface area (Å²) in [7, 11) is 0. The highest BCUT2D eigenvalue weighted by atomic mass is 16.2. The summed E-state index contributed by atoms with van der Waals surface area (Å²) >= 11 is 0. The minimum absolute atomic E-state index is 0.540. The Morgan fingerprint density at radius 1 is 0.562 bits per heavy atom. The molecule has 0 spiro atoms. The molecule has 2 aromatic carbocycles. The van der Waals surface area contributed by atoms with E-state index in [2.05, 4.69) is 31.0 Å². The maximum Gasteiger partial charge on any atom is 0.355 e. The van der Waals surface area contributed by atoms with Crippen LogP contribution in [0.25, 0.3) is 0 Å². The van der Waals surface area contributed by atoms with Crippen LogP contribution in [-0.4, -0.2) is 27.4 Å². The summed E-state index contributed by atoms with van der Waals surface area (Å²) in [5.74, 6) is 0. The first kappa shape index (κ1) is 20.6. The molecule has 2 amide bonds. The van der Waals surface area contributed by atoms with Crippen LogP contribution in [0.2, 0.25) is 0 Å². The predicted octanol–water partition coefficient (Wildman–Crippen LogP) is 3.98. The van der Waals surface area contributed by atoms with E-state index in [-0.39, 0.29) is 0 Å². The highest BCUT2D eigenvalue weighted by Gasteiger charge is 2.11. The summed E-state index contributed by atoms with van der Waals surface area (Å²) in [4.78, 5) is 21.2. The van der Waals surface area contributed by atoms with Crippen molar-refractivity contribution in [3.8, 4) is 0 Å². The number of rotatable bonds is 6. The molecular formula is C25H20N6O. The average Bonchev–Trinajstić information content (AvgIpc) is 2.87. The molecule has 0 atom stereocenters. The molecule has 32 heavy (non-hydrogen) atoms. The van der Waals surface area contributed by atoms with E-state index in [9.17, 15) is 4.79 Å². The van der Waals surface area contributed by atoms with Crippen LogP contribution in [-0.2, 0) is 0 Å². The Hall–Kier alpha value is -4.65. The van der Waals surface area contributed by atoms with E-state index in [1.807, 2.05) is 97.1 Å². The topological polar surface area (TPSA) is 91.6 Å². The maximum atomic E-state index is 12.5. The van der Waals surface area contributed by atoms with Crippen LogP contribution in [0.1, 0.15) is 22.5 Å². The fraction of sp³-hybridized carbons (Fsp3) is 0. The van der Waals surface area contributed by atoms with Crippen molar-refractivity contribution in [1.82, 2.24) is 20.8 Å². The molecule has 0 saturated heterocycles. The standard InChI is InChI=1S/C25H20N6O/c32-25(30-28-23(19-11-3-1-4-12-19)21-15-7-9-17-26-21)31-29-24(20-13-5-2-6-14-20)22-16-8-10-18-27-22/h1-18H,(H2,30,31,32). The number of carbonyl (C=O) groups is 1. The molecule has 2 heterocycles. The van der Waals surface area contributed by atoms with Crippen molar-refractivity contribution in [3.05, 3.63) is 132 Å². The quantitative estimate of drug-likeness (QED) is 0.365. The van der Waals surface area contributed by atoms with Crippen molar-refractivity contribution in [1.29, 1.82) is 0 Å². The van der Waals surface area contributed by atoms with Crippen molar-refractivity contribution in [2.75, 3.05) is 0 Å². The number of nitrogens with one attached hydrogen (secondary N) is 2. The first-order valence-electron chi connectivity index (χ1n) is 9.96. The lowest BCUT2D eigenvalue weighted by Crippen LogP contribution is -2.31. The normalized spacial score (nSPS) is 11.6. The second-order valence-corrected chi connectivity index (χ2v) is 6.64. The van der Waals surface area contributed by atoms with Crippen molar-refractivity contribution in [2.45, 2.75) is 0 Å². The molecule has 7 nitrogen and oxygen atoms in total. The molecule has 0 radical (unpaired) electrons. The highest BCUT2D eigenvalue weighted by molar-refractivity contribution is 6.12. The van der Waals surface area contributed by atoms with E-state index in [0.717, 1.165) is 11.1 Å². The van der Waals surface area contributed by atoms with Crippen LogP contribution in [0.5, 0.6) is 0 Å². The second-order valence-electron chi connectivity index (χ2n) is 6.64. The van der Waals surface area contributed by atoms with Gasteiger partial charge in [-0.05, 0) is 24.3 Å². The van der Waals surface area contributed by atoms with Crippen LogP contribution in [0.15, 0.2) is 120 Å². The highest BCUT2D eigenvalue weighted by Crippen LogP contribution is 2.09. The first-order chi connectivity index (χ1) is 15.8. The van der Waals surface area contributed by atoms with Crippen LogP contribution >= 0.6 is 0 Å². The number of amides is 2. The first-order valence-corrected chi connectivity index (χ1v) is 9.96. The van der Waals surface area contributed by atoms with Crippen molar-refractivity contribution < 1.29 is 4.79 Å². The van der Waals surface area contributed by atoms with Gasteiger partial charge in [-0.3, -0.25) is 9.97 Å². The van der Waals surface area contributed by atoms with Crippen molar-refractivity contribution in [3.63, 3.8) is 0 Å². The molecule has 0 bridgehead atoms. The van der Waals surface area contributed by atoms with E-state index in [0.29, 0.717) is 22.8 Å². The molecule has 0 aliphatic carbocycles. The Bertz CT molecular complexity index is 1030. The fourth-order valence-corrected chi connectivity index (χ4v) is 2.98. The van der Waals surface area contributed by atoms with Gasteiger partial charge in [0.15, 0.2) is 0 Å². The van der Waals surface area contributed by atoms with Crippen molar-refractivity contribution >= 4 is 17.5 Å². The smallest absolute Gasteiger partial charge is 0.255 e. The van der Waals surface area contributed by atoms with Gasteiger partial charge in [-0.25, -0.2) is 15.6 Å². The molecule has 156 valence electrons. The summed E-state index contributed by atoms with van der Waals surface area (Å²) in [6.45, 7) is 0. The number of urea groups is 1. The third-order valence-electron chi connectivity index (χ3n) is 4.45. The van der Waals surface area contributed by atoms with Gasteiger partial charge >= 0.3 is 6.03 Å². The van der Waals surface area contributed by atoms with Gasteiger partial charge in [-0.1, -0.05) is 72.8 Å². The summed E-state index contributed by atoms with van der Waals surface area (Å²) < 4.78 is 0. The molecular weight excluding hydrogens is 400 g/mol. The van der Waals surface area contributed by atoms with Gasteiger partial charge in [0, 0.05) is 23.5 Å². The zero-order valence-electron chi connectivity index (χ0n) is 17.1. The molecule has 0 unspecified atom stereocenters. The molecule has 7 heteroatoms. The van der Waals surface area contributed by atoms with Gasteiger partial charge in [0.1, 0.15) is 11.4 Å². The van der Waals surface area contributed by atoms with Crippen LogP contribution in [0.4, 0.5) is 4.79 Å². The summed E-state index contributed by atoms with van der Waals surface area (Å²) in [5, 5.41) is 8.59. The Kier molecular flexibility index (Phi) is 6.70. The maximum absolute atomic E-state index is 12.5. The second kappa shape index (κ2) is 10.4. The summed E-state index contributed by atoms with van der Waals surface area (Å²) in [6.07, 6.45) is 3.36. The van der Waals surface area contributed by atoms with E-state index in [1.165, 1.54) is 0 Å². The predicted molar refractivity (Wildman–Crippen MR) is 124 cm³/mol. The molecule has 0 aliphatic heterocycles. The largest absolute Gasteiger partial charge is 0.355 e. The molecule has 4 aromatic rings. The number of carbonyl (C=O) groups excluding carboxylic acids is 1. The van der Waals surface area contributed by atoms with Gasteiger partial charge < -0.3 is 0 Å². The van der Waals surface area contributed by atoms with Gasteiger partial charge in [-0.15, -0.1) is 0 Å². The Morgan fingerprint density at radius 2 is 0.969 bits per heavy atom. The average molecular weight is 420 g/mol. The number of benzene rings is 2. The van der Waals surface area contributed by atoms with Crippen LogP contribution in [0, 0.1) is 0 Å². The lowest BCUT2D eigenvalue weighted by atomic mass is 10.1. The number of hydrogen-bond acceptors (Lipinski definition) is 5. The molecule has 0 saturated carbocycles. The minimum Gasteiger partial charge on any atom is -0.255 e. The summed E-state index contributed by atoms with van der Waals surface area (Å²) in [5.41, 5.74) is 9.03. The van der Waals surface area contributed by atoms with Gasteiger partial charge in [0.25, 0.3) is 0 Å². The molecule has 2 aromatic heterocycles. The Labute approximate surface area is 185 Å². The summed E-state index contributed by atoms with van der Waals surface area (Å²) in [6, 6.07) is 29.5. The van der Waals surface area contributed by atoms with E-state index in [1.54, 1.807) is 12.4 Å². The van der Waals surface area contributed by atoms with Crippen molar-refractivity contribution in [2.24, 2.45) is 10.2 Å². The minimum atomic E-state index is -0.585. The van der Waals surface area contributed by atoms with Crippen LogP contribution in [0.3, 0.4) is 0 Å².